The van der Waals surface area contributed by atoms with Crippen LogP contribution in [0.1, 0.15) is 46.4 Å². The number of aliphatic hydroxyl groups is 1. The standard InChI is InChI=1S/C16H20N4O3/c1-10(21)8-17-15(22)13-14(19-9-18-13)16(23)20-11(2)12-6-4-3-5-7-12/h3-7,9-11,21H,8H2,1-2H3,(H,17,22)(H,18,19)(H,20,23)/t10-,11-/m1/s1. The number of hydrogen-bond donors (Lipinski definition) is 4. The van der Waals surface area contributed by atoms with Gasteiger partial charge in [-0.2, -0.15) is 0 Å². The summed E-state index contributed by atoms with van der Waals surface area (Å²) in [6.45, 7) is 3.51. The molecule has 0 unspecified atom stereocenters. The number of amides is 2. The molecule has 2 amide bonds. The van der Waals surface area contributed by atoms with Crippen molar-refractivity contribution >= 4 is 11.8 Å². The summed E-state index contributed by atoms with van der Waals surface area (Å²) in [5.74, 6) is -0.925. The third kappa shape index (κ3) is 4.40. The molecule has 0 radical (unpaired) electrons. The molecule has 7 heteroatoms. The summed E-state index contributed by atoms with van der Waals surface area (Å²) in [6.07, 6.45) is 0.622. The molecule has 0 saturated heterocycles. The third-order valence-corrected chi connectivity index (χ3v) is 3.29. The second-order valence-corrected chi connectivity index (χ2v) is 5.29. The van der Waals surface area contributed by atoms with Crippen molar-refractivity contribution in [3.05, 3.63) is 53.6 Å². The van der Waals surface area contributed by atoms with E-state index in [1.165, 1.54) is 6.33 Å². The van der Waals surface area contributed by atoms with Gasteiger partial charge in [0.15, 0.2) is 5.69 Å². The number of aromatic amines is 1. The predicted octanol–water partition coefficient (Wildman–Crippen LogP) is 1.01. The molecule has 2 rings (SSSR count). The number of carbonyl (C=O) groups excluding carboxylic acids is 2. The molecule has 122 valence electrons. The first-order valence-electron chi connectivity index (χ1n) is 7.34. The number of nitrogens with zero attached hydrogens (tertiary/aromatic N) is 1. The molecule has 0 aliphatic heterocycles. The summed E-state index contributed by atoms with van der Waals surface area (Å²) in [6, 6.07) is 9.28. The lowest BCUT2D eigenvalue weighted by molar-refractivity contribution is 0.0892. The van der Waals surface area contributed by atoms with E-state index in [-0.39, 0.29) is 24.0 Å². The first kappa shape index (κ1) is 16.7. The number of aromatic nitrogens is 2. The minimum Gasteiger partial charge on any atom is -0.392 e. The highest BCUT2D eigenvalue weighted by molar-refractivity contribution is 6.04. The molecule has 0 fully saturated rings. The van der Waals surface area contributed by atoms with E-state index in [0.717, 1.165) is 5.56 Å². The Morgan fingerprint density at radius 1 is 1.22 bits per heavy atom. The Bertz CT molecular complexity index is 667. The fourth-order valence-electron chi connectivity index (χ4n) is 2.06. The molecule has 7 nitrogen and oxygen atoms in total. The van der Waals surface area contributed by atoms with Gasteiger partial charge in [0.2, 0.25) is 0 Å². The normalized spacial score (nSPS) is 13.2. The second kappa shape index (κ2) is 7.55. The van der Waals surface area contributed by atoms with Crippen molar-refractivity contribution in [1.29, 1.82) is 0 Å². The van der Waals surface area contributed by atoms with Crippen molar-refractivity contribution in [2.45, 2.75) is 26.0 Å². The Morgan fingerprint density at radius 3 is 2.57 bits per heavy atom. The van der Waals surface area contributed by atoms with Crippen molar-refractivity contribution in [2.75, 3.05) is 6.54 Å². The Morgan fingerprint density at radius 2 is 1.91 bits per heavy atom. The quantitative estimate of drug-likeness (QED) is 0.638. The van der Waals surface area contributed by atoms with Crippen LogP contribution >= 0.6 is 0 Å². The fourth-order valence-corrected chi connectivity index (χ4v) is 2.06. The zero-order valence-electron chi connectivity index (χ0n) is 13.0. The topological polar surface area (TPSA) is 107 Å². The van der Waals surface area contributed by atoms with Crippen LogP contribution < -0.4 is 10.6 Å². The Balaban J connectivity index is 2.06. The zero-order valence-corrected chi connectivity index (χ0v) is 13.0. The maximum absolute atomic E-state index is 12.3. The molecule has 0 aliphatic rings. The highest BCUT2D eigenvalue weighted by Gasteiger charge is 2.21. The van der Waals surface area contributed by atoms with Crippen LogP contribution in [0.25, 0.3) is 0 Å². The number of aliphatic hydroxyl groups excluding tert-OH is 1. The van der Waals surface area contributed by atoms with E-state index in [1.807, 2.05) is 37.3 Å². The average molecular weight is 316 g/mol. The second-order valence-electron chi connectivity index (χ2n) is 5.29. The number of rotatable bonds is 6. The van der Waals surface area contributed by atoms with E-state index in [0.29, 0.717) is 0 Å². The predicted molar refractivity (Wildman–Crippen MR) is 84.9 cm³/mol. The van der Waals surface area contributed by atoms with E-state index >= 15 is 0 Å². The molecule has 4 N–H and O–H groups in total. The molecule has 1 heterocycles. The van der Waals surface area contributed by atoms with Crippen LogP contribution in [0.15, 0.2) is 36.7 Å². The highest BCUT2D eigenvalue weighted by Crippen LogP contribution is 2.12. The Hall–Kier alpha value is -2.67. The van der Waals surface area contributed by atoms with Crippen LogP contribution in [0.3, 0.4) is 0 Å². The van der Waals surface area contributed by atoms with E-state index in [1.54, 1.807) is 6.92 Å². The summed E-state index contributed by atoms with van der Waals surface area (Å²) in [5, 5.41) is 14.5. The lowest BCUT2D eigenvalue weighted by atomic mass is 10.1. The van der Waals surface area contributed by atoms with E-state index in [4.69, 9.17) is 0 Å². The summed E-state index contributed by atoms with van der Waals surface area (Å²) in [4.78, 5) is 30.9. The van der Waals surface area contributed by atoms with Crippen molar-refractivity contribution in [3.63, 3.8) is 0 Å². The number of hydrogen-bond acceptors (Lipinski definition) is 4. The van der Waals surface area contributed by atoms with Crippen LogP contribution in [0.5, 0.6) is 0 Å². The summed E-state index contributed by atoms with van der Waals surface area (Å²) in [5.41, 5.74) is 1.05. The molecule has 2 atom stereocenters. The number of carbonyl (C=O) groups is 2. The average Bonchev–Trinajstić information content (AvgIpc) is 3.03. The zero-order chi connectivity index (χ0) is 16.8. The molecule has 1 aromatic carbocycles. The molecule has 1 aromatic heterocycles. The van der Waals surface area contributed by atoms with Crippen LogP contribution in [0, 0.1) is 0 Å². The summed E-state index contributed by atoms with van der Waals surface area (Å²) >= 11 is 0. The summed E-state index contributed by atoms with van der Waals surface area (Å²) in [7, 11) is 0. The van der Waals surface area contributed by atoms with Gasteiger partial charge in [-0.1, -0.05) is 30.3 Å². The molecule has 2 aromatic rings. The molecule has 0 saturated carbocycles. The van der Waals surface area contributed by atoms with Gasteiger partial charge in [0.05, 0.1) is 18.5 Å². The first-order chi connectivity index (χ1) is 11.0. The number of imidazole rings is 1. The number of benzene rings is 1. The number of nitrogens with one attached hydrogen (secondary N) is 3. The monoisotopic (exact) mass is 316 g/mol. The van der Waals surface area contributed by atoms with Gasteiger partial charge in [-0.3, -0.25) is 9.59 Å². The van der Waals surface area contributed by atoms with Gasteiger partial charge in [-0.25, -0.2) is 4.98 Å². The van der Waals surface area contributed by atoms with Crippen molar-refractivity contribution in [2.24, 2.45) is 0 Å². The van der Waals surface area contributed by atoms with Crippen LogP contribution in [0.4, 0.5) is 0 Å². The maximum atomic E-state index is 12.3. The van der Waals surface area contributed by atoms with Crippen LogP contribution in [-0.2, 0) is 0 Å². The van der Waals surface area contributed by atoms with Crippen molar-refractivity contribution in [1.82, 2.24) is 20.6 Å². The molecule has 0 aliphatic carbocycles. The van der Waals surface area contributed by atoms with Gasteiger partial charge in [0.25, 0.3) is 11.8 Å². The van der Waals surface area contributed by atoms with Crippen LogP contribution in [0.2, 0.25) is 0 Å². The smallest absolute Gasteiger partial charge is 0.272 e. The van der Waals surface area contributed by atoms with Crippen molar-refractivity contribution in [3.8, 4) is 0 Å². The lowest BCUT2D eigenvalue weighted by Gasteiger charge is -2.14. The molecular formula is C16H20N4O3. The van der Waals surface area contributed by atoms with E-state index in [2.05, 4.69) is 20.6 Å². The van der Waals surface area contributed by atoms with E-state index < -0.39 is 17.9 Å². The highest BCUT2D eigenvalue weighted by atomic mass is 16.3. The van der Waals surface area contributed by atoms with Gasteiger partial charge >= 0.3 is 0 Å². The third-order valence-electron chi connectivity index (χ3n) is 3.29. The molecule has 0 bridgehead atoms. The minimum atomic E-state index is -0.669. The fraction of sp³-hybridized carbons (Fsp3) is 0.312. The molecule has 23 heavy (non-hydrogen) atoms. The minimum absolute atomic E-state index is 0.0240. The SMILES string of the molecule is C[C@@H](O)CNC(=O)c1[nH]cnc1C(=O)N[C@H](C)c1ccccc1. The lowest BCUT2D eigenvalue weighted by Crippen LogP contribution is -2.33. The largest absolute Gasteiger partial charge is 0.392 e. The van der Waals surface area contributed by atoms with Gasteiger partial charge in [0, 0.05) is 6.54 Å². The van der Waals surface area contributed by atoms with Gasteiger partial charge < -0.3 is 20.7 Å². The van der Waals surface area contributed by atoms with Crippen molar-refractivity contribution < 1.29 is 14.7 Å². The maximum Gasteiger partial charge on any atom is 0.272 e. The Kier molecular flexibility index (Phi) is 5.48. The van der Waals surface area contributed by atoms with Crippen LogP contribution in [-0.4, -0.2) is 39.5 Å². The summed E-state index contributed by atoms with van der Waals surface area (Å²) < 4.78 is 0. The van der Waals surface area contributed by atoms with E-state index in [9.17, 15) is 14.7 Å². The molecular weight excluding hydrogens is 296 g/mol. The number of H-pyrrole nitrogens is 1. The first-order valence-corrected chi connectivity index (χ1v) is 7.34. The van der Waals surface area contributed by atoms with Gasteiger partial charge in [0.1, 0.15) is 5.69 Å². The molecule has 0 spiro atoms. The Labute approximate surface area is 134 Å². The van der Waals surface area contributed by atoms with Gasteiger partial charge in [-0.15, -0.1) is 0 Å². The van der Waals surface area contributed by atoms with Gasteiger partial charge in [-0.05, 0) is 19.4 Å².